The normalized spacial score (nSPS) is 11.2. The van der Waals surface area contributed by atoms with Gasteiger partial charge in [-0.1, -0.05) is 37.0 Å². The highest BCUT2D eigenvalue weighted by molar-refractivity contribution is 6.31. The van der Waals surface area contributed by atoms with Crippen LogP contribution in [0.25, 0.3) is 0 Å². The number of hydrazine groups is 1. The Morgan fingerprint density at radius 3 is 1.93 bits per heavy atom. The molecule has 0 aliphatic rings. The van der Waals surface area contributed by atoms with Gasteiger partial charge in [0.15, 0.2) is 5.84 Å². The number of hydrogen-bond acceptors (Lipinski definition) is 5. The first kappa shape index (κ1) is 23.3. The van der Waals surface area contributed by atoms with Crippen LogP contribution in [0.2, 0.25) is 10.0 Å². The van der Waals surface area contributed by atoms with Crippen molar-refractivity contribution in [1.82, 2.24) is 5.12 Å². The minimum Gasteiger partial charge on any atom is -0.382 e. The van der Waals surface area contributed by atoms with E-state index in [9.17, 15) is 4.79 Å². The molecule has 0 saturated carbocycles. The molecule has 0 aliphatic heterocycles. The SMILES string of the molecule is CC.CN(N)/N=C(N)/C(=C/Nc1ccc(Cl)cc1)C(=O)Nc1ccc(Cl)cc1. The van der Waals surface area contributed by atoms with E-state index in [1.807, 2.05) is 13.8 Å². The van der Waals surface area contributed by atoms with Crippen LogP contribution in [0, 0.1) is 0 Å². The summed E-state index contributed by atoms with van der Waals surface area (Å²) in [6.45, 7) is 4.00. The van der Waals surface area contributed by atoms with E-state index in [-0.39, 0.29) is 11.4 Å². The van der Waals surface area contributed by atoms with Crippen molar-refractivity contribution < 1.29 is 4.79 Å². The number of carbonyl (C=O) groups excluding carboxylic acids is 1. The van der Waals surface area contributed by atoms with Crippen LogP contribution in [0.5, 0.6) is 0 Å². The summed E-state index contributed by atoms with van der Waals surface area (Å²) in [5.41, 5.74) is 7.29. The van der Waals surface area contributed by atoms with Crippen molar-refractivity contribution in [3.05, 3.63) is 70.3 Å². The van der Waals surface area contributed by atoms with E-state index in [2.05, 4.69) is 15.7 Å². The van der Waals surface area contributed by atoms with Crippen LogP contribution in [0.4, 0.5) is 11.4 Å². The fourth-order valence-corrected chi connectivity index (χ4v) is 2.16. The molecule has 0 heterocycles. The van der Waals surface area contributed by atoms with E-state index in [1.165, 1.54) is 13.2 Å². The van der Waals surface area contributed by atoms with Crippen molar-refractivity contribution in [3.63, 3.8) is 0 Å². The monoisotopic (exact) mass is 422 g/mol. The lowest BCUT2D eigenvalue weighted by Crippen LogP contribution is -2.31. The lowest BCUT2D eigenvalue weighted by atomic mass is 10.2. The first-order valence-electron chi connectivity index (χ1n) is 8.47. The van der Waals surface area contributed by atoms with Crippen LogP contribution in [0.3, 0.4) is 0 Å². The summed E-state index contributed by atoms with van der Waals surface area (Å²) in [6, 6.07) is 13.6. The number of rotatable bonds is 6. The summed E-state index contributed by atoms with van der Waals surface area (Å²) >= 11 is 11.7. The van der Waals surface area contributed by atoms with Crippen molar-refractivity contribution in [1.29, 1.82) is 0 Å². The Morgan fingerprint density at radius 2 is 1.46 bits per heavy atom. The van der Waals surface area contributed by atoms with Crippen molar-refractivity contribution in [2.45, 2.75) is 13.8 Å². The largest absolute Gasteiger partial charge is 0.382 e. The molecule has 0 aliphatic carbocycles. The average molecular weight is 423 g/mol. The van der Waals surface area contributed by atoms with Gasteiger partial charge in [0.2, 0.25) is 0 Å². The molecule has 0 spiro atoms. The first-order chi connectivity index (χ1) is 13.3. The number of amides is 1. The van der Waals surface area contributed by atoms with Crippen LogP contribution >= 0.6 is 23.2 Å². The van der Waals surface area contributed by atoms with Gasteiger partial charge in [0.1, 0.15) is 0 Å². The van der Waals surface area contributed by atoms with Crippen LogP contribution in [-0.4, -0.2) is 23.9 Å². The number of hydrazone groups is 1. The Kier molecular flexibility index (Phi) is 9.87. The Morgan fingerprint density at radius 1 is 1.00 bits per heavy atom. The zero-order valence-corrected chi connectivity index (χ0v) is 17.4. The van der Waals surface area contributed by atoms with Crippen LogP contribution in [0.15, 0.2) is 65.4 Å². The molecule has 0 atom stereocenters. The molecule has 150 valence electrons. The van der Waals surface area contributed by atoms with E-state index in [0.29, 0.717) is 15.7 Å². The molecule has 2 aromatic carbocycles. The van der Waals surface area contributed by atoms with E-state index >= 15 is 0 Å². The number of nitrogens with two attached hydrogens (primary N) is 2. The number of hydrogen-bond donors (Lipinski definition) is 4. The lowest BCUT2D eigenvalue weighted by molar-refractivity contribution is -0.112. The molecule has 0 fully saturated rings. The summed E-state index contributed by atoms with van der Waals surface area (Å²) in [5.74, 6) is 4.97. The second-order valence-electron chi connectivity index (χ2n) is 5.23. The molecule has 9 heteroatoms. The Hall–Kier alpha value is -2.74. The highest BCUT2D eigenvalue weighted by Crippen LogP contribution is 2.16. The summed E-state index contributed by atoms with van der Waals surface area (Å²) in [6.07, 6.45) is 1.44. The van der Waals surface area contributed by atoms with Crippen LogP contribution < -0.4 is 22.2 Å². The molecule has 0 aromatic heterocycles. The number of amidine groups is 1. The van der Waals surface area contributed by atoms with Gasteiger partial charge in [-0.25, -0.2) is 11.0 Å². The highest BCUT2D eigenvalue weighted by atomic mass is 35.5. The maximum Gasteiger partial charge on any atom is 0.260 e. The second-order valence-corrected chi connectivity index (χ2v) is 6.10. The first-order valence-corrected chi connectivity index (χ1v) is 9.23. The number of anilines is 2. The fourth-order valence-electron chi connectivity index (χ4n) is 1.91. The predicted octanol–water partition coefficient (Wildman–Crippen LogP) is 4.03. The summed E-state index contributed by atoms with van der Waals surface area (Å²) in [7, 11) is 1.49. The average Bonchev–Trinajstić information content (AvgIpc) is 2.66. The topological polar surface area (TPSA) is 109 Å². The standard InChI is InChI=1S/C17H18Cl2N6O.C2H6/c1-25(21)24-16(20)15(10-22-13-6-2-11(18)3-7-13)17(26)23-14-8-4-12(19)5-9-14;1-2/h2-10,22H,21H2,1H3,(H2,20,24)(H,23,26);1-2H3/b15-10-;. The fraction of sp³-hybridized carbons (Fsp3) is 0.158. The van der Waals surface area contributed by atoms with E-state index in [4.69, 9.17) is 34.8 Å². The minimum atomic E-state index is -0.461. The zero-order valence-electron chi connectivity index (χ0n) is 15.9. The smallest absolute Gasteiger partial charge is 0.260 e. The quantitative estimate of drug-likeness (QED) is 0.184. The molecule has 6 N–H and O–H groups in total. The zero-order chi connectivity index (χ0) is 21.1. The molecule has 1 amide bonds. The Balaban J connectivity index is 0.00000190. The van der Waals surface area contributed by atoms with Crippen molar-refractivity contribution in [2.24, 2.45) is 16.7 Å². The molecule has 2 aromatic rings. The van der Waals surface area contributed by atoms with Crippen molar-refractivity contribution in [3.8, 4) is 0 Å². The van der Waals surface area contributed by atoms with Gasteiger partial charge >= 0.3 is 0 Å². The van der Waals surface area contributed by atoms with Gasteiger partial charge in [-0.05, 0) is 48.5 Å². The number of nitrogens with one attached hydrogen (secondary N) is 2. The van der Waals surface area contributed by atoms with Gasteiger partial charge in [-0.15, -0.1) is 5.10 Å². The Labute approximate surface area is 175 Å². The van der Waals surface area contributed by atoms with Gasteiger partial charge in [0.25, 0.3) is 5.91 Å². The van der Waals surface area contributed by atoms with Gasteiger partial charge in [0, 0.05) is 34.7 Å². The van der Waals surface area contributed by atoms with E-state index in [0.717, 1.165) is 10.8 Å². The summed E-state index contributed by atoms with van der Waals surface area (Å²) in [5, 5.41) is 11.8. The highest BCUT2D eigenvalue weighted by Gasteiger charge is 2.15. The molecular weight excluding hydrogens is 399 g/mol. The number of carbonyl (C=O) groups is 1. The molecule has 0 unspecified atom stereocenters. The Bertz CT molecular complexity index is 817. The maximum atomic E-state index is 12.6. The van der Waals surface area contributed by atoms with E-state index in [1.54, 1.807) is 48.5 Å². The minimum absolute atomic E-state index is 0.0528. The molecule has 2 rings (SSSR count). The van der Waals surface area contributed by atoms with Gasteiger partial charge < -0.3 is 16.4 Å². The van der Waals surface area contributed by atoms with Gasteiger partial charge in [0.05, 0.1) is 5.57 Å². The third kappa shape index (κ3) is 7.87. The molecule has 28 heavy (non-hydrogen) atoms. The molecule has 7 nitrogen and oxygen atoms in total. The molecular formula is C19H24Cl2N6O. The van der Waals surface area contributed by atoms with Gasteiger partial charge in [-0.2, -0.15) is 0 Å². The van der Waals surface area contributed by atoms with Crippen LogP contribution in [-0.2, 0) is 4.79 Å². The second kappa shape index (κ2) is 11.9. The van der Waals surface area contributed by atoms with Crippen molar-refractivity contribution >= 4 is 46.3 Å². The predicted molar refractivity (Wildman–Crippen MR) is 118 cm³/mol. The van der Waals surface area contributed by atoms with E-state index < -0.39 is 5.91 Å². The number of halogens is 2. The van der Waals surface area contributed by atoms with Gasteiger partial charge in [-0.3, -0.25) is 4.79 Å². The maximum absolute atomic E-state index is 12.6. The summed E-state index contributed by atoms with van der Waals surface area (Å²) in [4.78, 5) is 12.6. The molecule has 0 radical (unpaired) electrons. The third-order valence-corrected chi connectivity index (χ3v) is 3.62. The number of benzene rings is 2. The van der Waals surface area contributed by atoms with Crippen LogP contribution in [0.1, 0.15) is 13.8 Å². The lowest BCUT2D eigenvalue weighted by Gasteiger charge is -2.12. The molecule has 0 bridgehead atoms. The molecule has 0 saturated heterocycles. The van der Waals surface area contributed by atoms with Crippen molar-refractivity contribution in [2.75, 3.05) is 17.7 Å². The summed E-state index contributed by atoms with van der Waals surface area (Å²) < 4.78 is 0. The third-order valence-electron chi connectivity index (χ3n) is 3.12. The number of nitrogens with zero attached hydrogens (tertiary/aromatic N) is 2.